The van der Waals surface area contributed by atoms with Crippen molar-refractivity contribution in [3.8, 4) is 16.9 Å². The van der Waals surface area contributed by atoms with E-state index in [1.165, 1.54) is 11.1 Å². The van der Waals surface area contributed by atoms with E-state index in [0.29, 0.717) is 5.15 Å². The molecule has 4 aromatic rings. The van der Waals surface area contributed by atoms with Crippen LogP contribution in [-0.4, -0.2) is 20.3 Å². The molecule has 0 spiro atoms. The van der Waals surface area contributed by atoms with Crippen LogP contribution in [0.2, 0.25) is 5.15 Å². The van der Waals surface area contributed by atoms with Crippen LogP contribution in [0.4, 0.5) is 0 Å². The average Bonchev–Trinajstić information content (AvgIpc) is 3.18. The monoisotopic (exact) mass is 459 g/mol. The van der Waals surface area contributed by atoms with Crippen LogP contribution in [0.3, 0.4) is 0 Å². The number of hydrogen-bond donors (Lipinski definition) is 0. The Kier molecular flexibility index (Phi) is 6.66. The molecule has 0 saturated heterocycles. The van der Waals surface area contributed by atoms with E-state index in [1.54, 1.807) is 0 Å². The Hall–Kier alpha value is -2.98. The number of pyridine rings is 2. The van der Waals surface area contributed by atoms with Gasteiger partial charge in [0.1, 0.15) is 5.15 Å². The Morgan fingerprint density at radius 2 is 1.76 bits per heavy atom. The van der Waals surface area contributed by atoms with Crippen LogP contribution < -0.4 is 0 Å². The zero-order valence-electron chi connectivity index (χ0n) is 19.9. The van der Waals surface area contributed by atoms with E-state index in [4.69, 9.17) is 16.6 Å². The lowest BCUT2D eigenvalue weighted by Gasteiger charge is -2.11. The topological polar surface area (TPSA) is 47.8 Å². The van der Waals surface area contributed by atoms with Crippen LogP contribution in [0.1, 0.15) is 60.8 Å². The van der Waals surface area contributed by atoms with E-state index in [0.717, 1.165) is 58.4 Å². The summed E-state index contributed by atoms with van der Waals surface area (Å²) in [4.78, 5) is 22.8. The summed E-state index contributed by atoms with van der Waals surface area (Å²) >= 11 is 6.33. The minimum atomic E-state index is -0.00639. The zero-order chi connectivity index (χ0) is 23.7. The third-order valence-corrected chi connectivity index (χ3v) is 6.72. The second-order valence-electron chi connectivity index (χ2n) is 8.64. The highest BCUT2D eigenvalue weighted by molar-refractivity contribution is 6.29. The van der Waals surface area contributed by atoms with Gasteiger partial charge in [-0.2, -0.15) is 0 Å². The smallest absolute Gasteiger partial charge is 0.168 e. The molecule has 0 unspecified atom stereocenters. The van der Waals surface area contributed by atoms with Gasteiger partial charge in [0.25, 0.3) is 0 Å². The third kappa shape index (κ3) is 4.32. The van der Waals surface area contributed by atoms with Gasteiger partial charge in [-0.25, -0.2) is 4.98 Å². The van der Waals surface area contributed by atoms with E-state index < -0.39 is 0 Å². The van der Waals surface area contributed by atoms with Gasteiger partial charge in [-0.1, -0.05) is 50.6 Å². The number of nitrogens with zero attached hydrogens (tertiary/aromatic N) is 3. The molecule has 0 aliphatic carbocycles. The summed E-state index contributed by atoms with van der Waals surface area (Å²) in [6.45, 7) is 10.4. The number of aryl methyl sites for hydroxylation is 3. The summed E-state index contributed by atoms with van der Waals surface area (Å²) in [6, 6.07) is 12.2. The van der Waals surface area contributed by atoms with Crippen LogP contribution in [0.15, 0.2) is 48.8 Å². The molecule has 3 heterocycles. The first-order valence-corrected chi connectivity index (χ1v) is 12.0. The number of Topliss-reactive ketones (excluding diaryl/α,β-unsaturated/α-hetero) is 1. The second kappa shape index (κ2) is 9.48. The number of carbonyl (C=O) groups excluding carboxylic acids is 1. The summed E-state index contributed by atoms with van der Waals surface area (Å²) in [7, 11) is 0. The maximum atomic E-state index is 13.6. The van der Waals surface area contributed by atoms with Crippen molar-refractivity contribution >= 4 is 28.3 Å². The molecule has 0 atom stereocenters. The van der Waals surface area contributed by atoms with Crippen molar-refractivity contribution in [1.82, 2.24) is 14.5 Å². The van der Waals surface area contributed by atoms with Gasteiger partial charge >= 0.3 is 0 Å². The predicted octanol–water partition coefficient (Wildman–Crippen LogP) is 7.54. The van der Waals surface area contributed by atoms with Gasteiger partial charge in [0, 0.05) is 34.3 Å². The number of aromatic nitrogens is 3. The summed E-state index contributed by atoms with van der Waals surface area (Å²) in [6.07, 6.45) is 6.24. The highest BCUT2D eigenvalue weighted by atomic mass is 35.5. The Morgan fingerprint density at radius 1 is 1.06 bits per heavy atom. The van der Waals surface area contributed by atoms with Crippen molar-refractivity contribution in [3.05, 3.63) is 76.3 Å². The molecule has 3 aromatic heterocycles. The largest absolute Gasteiger partial charge is 0.314 e. The second-order valence-corrected chi connectivity index (χ2v) is 9.02. The van der Waals surface area contributed by atoms with Gasteiger partial charge in [0.2, 0.25) is 0 Å². The normalized spacial score (nSPS) is 11.5. The van der Waals surface area contributed by atoms with Crippen LogP contribution in [-0.2, 0) is 6.42 Å². The van der Waals surface area contributed by atoms with Gasteiger partial charge < -0.3 is 4.57 Å². The minimum absolute atomic E-state index is 0.00639. The maximum Gasteiger partial charge on any atom is 0.168 e. The highest BCUT2D eigenvalue weighted by Crippen LogP contribution is 2.33. The third-order valence-electron chi connectivity index (χ3n) is 6.52. The first-order chi connectivity index (χ1) is 15.9. The van der Waals surface area contributed by atoms with Crippen molar-refractivity contribution in [3.63, 3.8) is 0 Å². The Morgan fingerprint density at radius 3 is 2.39 bits per heavy atom. The molecule has 0 aliphatic heterocycles. The lowest BCUT2D eigenvalue weighted by atomic mass is 9.92. The molecule has 0 aliphatic rings. The summed E-state index contributed by atoms with van der Waals surface area (Å²) in [5, 5.41) is 1.37. The van der Waals surface area contributed by atoms with Gasteiger partial charge in [-0.15, -0.1) is 0 Å². The number of halogens is 1. The van der Waals surface area contributed by atoms with Crippen molar-refractivity contribution in [2.24, 2.45) is 5.92 Å². The fraction of sp³-hybridized carbons (Fsp3) is 0.321. The molecule has 1 aromatic carbocycles. The molecular formula is C28H30ClN3O. The van der Waals surface area contributed by atoms with E-state index >= 15 is 0 Å². The number of ketones is 1. The number of rotatable bonds is 7. The SMILES string of the molecule is CCc1cc(-n2cc(C(=O)C(CC)CC)c3cc(-c4c(C)cccc4C)ncc32)cc(Cl)n1. The summed E-state index contributed by atoms with van der Waals surface area (Å²) in [5.74, 6) is 0.173. The van der Waals surface area contributed by atoms with Crippen LogP contribution in [0.5, 0.6) is 0 Å². The quantitative estimate of drug-likeness (QED) is 0.212. The van der Waals surface area contributed by atoms with Gasteiger partial charge in [0.15, 0.2) is 5.78 Å². The van der Waals surface area contributed by atoms with Gasteiger partial charge in [0.05, 0.1) is 23.1 Å². The number of carbonyl (C=O) groups is 1. The number of hydrogen-bond acceptors (Lipinski definition) is 3. The molecule has 4 nitrogen and oxygen atoms in total. The summed E-state index contributed by atoms with van der Waals surface area (Å²) in [5.41, 5.74) is 7.77. The standard InChI is InChI=1S/C28H30ClN3O/c1-6-19(7-2)28(33)23-16-32(21-12-20(8-3)31-26(29)13-21)25-15-30-24(14-22(23)25)27-17(4)10-9-11-18(27)5/h9-16,19H,6-8H2,1-5H3. The fourth-order valence-electron chi connectivity index (χ4n) is 4.62. The van der Waals surface area contributed by atoms with Crippen LogP contribution in [0, 0.1) is 19.8 Å². The average molecular weight is 460 g/mol. The maximum absolute atomic E-state index is 13.6. The number of benzene rings is 1. The molecule has 5 heteroatoms. The Labute approximate surface area is 200 Å². The lowest BCUT2D eigenvalue weighted by Crippen LogP contribution is -2.12. The molecule has 0 radical (unpaired) electrons. The molecular weight excluding hydrogens is 430 g/mol. The van der Waals surface area contributed by atoms with Gasteiger partial charge in [-0.05, 0) is 62.4 Å². The van der Waals surface area contributed by atoms with E-state index in [-0.39, 0.29) is 11.7 Å². The molecule has 170 valence electrons. The van der Waals surface area contributed by atoms with E-state index in [1.807, 2.05) is 29.1 Å². The lowest BCUT2D eigenvalue weighted by molar-refractivity contribution is 0.0915. The van der Waals surface area contributed by atoms with Gasteiger partial charge in [-0.3, -0.25) is 9.78 Å². The fourth-order valence-corrected chi connectivity index (χ4v) is 4.85. The summed E-state index contributed by atoms with van der Waals surface area (Å²) < 4.78 is 2.03. The van der Waals surface area contributed by atoms with Crippen LogP contribution in [0.25, 0.3) is 27.8 Å². The van der Waals surface area contributed by atoms with Crippen molar-refractivity contribution in [2.45, 2.75) is 53.9 Å². The van der Waals surface area contributed by atoms with Crippen molar-refractivity contribution in [1.29, 1.82) is 0 Å². The molecule has 33 heavy (non-hydrogen) atoms. The molecule has 0 N–H and O–H groups in total. The molecule has 4 rings (SSSR count). The highest BCUT2D eigenvalue weighted by Gasteiger charge is 2.23. The Balaban J connectivity index is 1.99. The molecule has 0 amide bonds. The molecule has 0 bridgehead atoms. The van der Waals surface area contributed by atoms with E-state index in [2.05, 4.69) is 63.9 Å². The van der Waals surface area contributed by atoms with Crippen molar-refractivity contribution in [2.75, 3.05) is 0 Å². The van der Waals surface area contributed by atoms with E-state index in [9.17, 15) is 4.79 Å². The van der Waals surface area contributed by atoms with Crippen molar-refractivity contribution < 1.29 is 4.79 Å². The minimum Gasteiger partial charge on any atom is -0.314 e. The first kappa shape index (κ1) is 23.2. The first-order valence-electron chi connectivity index (χ1n) is 11.7. The zero-order valence-corrected chi connectivity index (χ0v) is 20.7. The Bertz CT molecular complexity index is 1310. The van der Waals surface area contributed by atoms with Crippen LogP contribution >= 0.6 is 11.6 Å². The number of fused-ring (bicyclic) bond motifs is 1. The predicted molar refractivity (Wildman–Crippen MR) is 137 cm³/mol. The molecule has 0 fully saturated rings. The molecule has 0 saturated carbocycles.